The van der Waals surface area contributed by atoms with Gasteiger partial charge in [0.05, 0.1) is 11.1 Å². The molecule has 1 heterocycles. The third-order valence-electron chi connectivity index (χ3n) is 3.72. The van der Waals surface area contributed by atoms with E-state index in [1.165, 1.54) is 0 Å². The van der Waals surface area contributed by atoms with Crippen LogP contribution in [-0.2, 0) is 12.8 Å². The van der Waals surface area contributed by atoms with Crippen LogP contribution in [0.4, 0.5) is 0 Å². The van der Waals surface area contributed by atoms with E-state index in [4.69, 9.17) is 0 Å². The first-order valence-corrected chi connectivity index (χ1v) is 6.30. The van der Waals surface area contributed by atoms with Crippen molar-refractivity contribution in [3.05, 3.63) is 41.1 Å². The normalized spacial score (nSPS) is 18.6. The predicted octanol–water partition coefficient (Wildman–Crippen LogP) is 3.06. The fraction of sp³-hybridized carbons (Fsp3) is 0.333. The van der Waals surface area contributed by atoms with Crippen LogP contribution in [-0.4, -0.2) is 16.1 Å². The van der Waals surface area contributed by atoms with Gasteiger partial charge in [0.15, 0.2) is 0 Å². The number of carboxylic acids is 1. The van der Waals surface area contributed by atoms with E-state index in [2.05, 4.69) is 11.9 Å². The molecular formula is C15H15NO2. The smallest absolute Gasteiger partial charge is 0.336 e. The third kappa shape index (κ3) is 1.67. The fourth-order valence-corrected chi connectivity index (χ4v) is 2.81. The highest BCUT2D eigenvalue weighted by molar-refractivity contribution is 6.04. The first-order valence-electron chi connectivity index (χ1n) is 6.30. The van der Waals surface area contributed by atoms with E-state index >= 15 is 0 Å². The molecule has 1 aromatic heterocycles. The number of aromatic carboxylic acids is 1. The Morgan fingerprint density at radius 3 is 2.94 bits per heavy atom. The zero-order valence-electron chi connectivity index (χ0n) is 10.3. The van der Waals surface area contributed by atoms with Gasteiger partial charge in [-0.3, -0.25) is 4.98 Å². The van der Waals surface area contributed by atoms with E-state index in [0.717, 1.165) is 41.4 Å². The van der Waals surface area contributed by atoms with Crippen LogP contribution in [0.15, 0.2) is 24.3 Å². The zero-order chi connectivity index (χ0) is 12.7. The number of fused-ring (bicyclic) bond motifs is 2. The lowest BCUT2D eigenvalue weighted by atomic mass is 9.84. The van der Waals surface area contributed by atoms with Crippen molar-refractivity contribution in [3.8, 4) is 0 Å². The summed E-state index contributed by atoms with van der Waals surface area (Å²) in [6, 6.07) is 7.51. The van der Waals surface area contributed by atoms with Gasteiger partial charge in [-0.05, 0) is 36.8 Å². The predicted molar refractivity (Wildman–Crippen MR) is 69.9 cm³/mol. The van der Waals surface area contributed by atoms with Gasteiger partial charge in [-0.15, -0.1) is 0 Å². The van der Waals surface area contributed by atoms with Crippen molar-refractivity contribution in [2.45, 2.75) is 26.2 Å². The summed E-state index contributed by atoms with van der Waals surface area (Å²) in [5, 5.41) is 10.3. The van der Waals surface area contributed by atoms with Crippen molar-refractivity contribution in [2.24, 2.45) is 5.92 Å². The number of benzene rings is 1. The number of nitrogens with zero attached hydrogens (tertiary/aromatic N) is 1. The van der Waals surface area contributed by atoms with E-state index in [9.17, 15) is 9.90 Å². The molecule has 0 radical (unpaired) electrons. The summed E-state index contributed by atoms with van der Waals surface area (Å²) < 4.78 is 0. The van der Waals surface area contributed by atoms with E-state index in [0.29, 0.717) is 11.5 Å². The number of aryl methyl sites for hydroxylation is 1. The van der Waals surface area contributed by atoms with Crippen LogP contribution in [0.25, 0.3) is 10.9 Å². The Balaban J connectivity index is 2.36. The Kier molecular flexibility index (Phi) is 2.54. The maximum Gasteiger partial charge on any atom is 0.336 e. The molecule has 1 aliphatic rings. The van der Waals surface area contributed by atoms with Gasteiger partial charge in [0, 0.05) is 11.1 Å². The lowest BCUT2D eigenvalue weighted by molar-refractivity contribution is 0.0697. The van der Waals surface area contributed by atoms with Gasteiger partial charge >= 0.3 is 5.97 Å². The average Bonchev–Trinajstić information content (AvgIpc) is 2.35. The molecule has 1 N–H and O–H groups in total. The fourth-order valence-electron chi connectivity index (χ4n) is 2.81. The summed E-state index contributed by atoms with van der Waals surface area (Å²) in [6.45, 7) is 2.17. The van der Waals surface area contributed by atoms with Crippen molar-refractivity contribution in [1.29, 1.82) is 0 Å². The van der Waals surface area contributed by atoms with Crippen LogP contribution in [0.2, 0.25) is 0 Å². The molecule has 3 nitrogen and oxygen atoms in total. The van der Waals surface area contributed by atoms with Crippen LogP contribution in [0.3, 0.4) is 0 Å². The third-order valence-corrected chi connectivity index (χ3v) is 3.72. The van der Waals surface area contributed by atoms with Crippen molar-refractivity contribution < 1.29 is 9.90 Å². The van der Waals surface area contributed by atoms with Gasteiger partial charge < -0.3 is 5.11 Å². The highest BCUT2D eigenvalue weighted by Gasteiger charge is 2.24. The van der Waals surface area contributed by atoms with Crippen LogP contribution in [0.5, 0.6) is 0 Å². The SMILES string of the molecule is C[C@@H]1CCc2nc3ccccc3c(C(=O)O)c2C1. The van der Waals surface area contributed by atoms with Crippen molar-refractivity contribution in [2.75, 3.05) is 0 Å². The van der Waals surface area contributed by atoms with Crippen LogP contribution in [0.1, 0.15) is 35.0 Å². The van der Waals surface area contributed by atoms with Gasteiger partial charge in [-0.2, -0.15) is 0 Å². The maximum atomic E-state index is 11.6. The van der Waals surface area contributed by atoms with E-state index < -0.39 is 5.97 Å². The minimum Gasteiger partial charge on any atom is -0.478 e. The standard InChI is InChI=1S/C15H15NO2/c1-9-6-7-13-11(8-9)14(15(17)18)10-4-2-3-5-12(10)16-13/h2-5,9H,6-8H2,1H3,(H,17,18)/t9-/m1/s1. The zero-order valence-corrected chi connectivity index (χ0v) is 10.3. The van der Waals surface area contributed by atoms with Crippen molar-refractivity contribution in [1.82, 2.24) is 4.98 Å². The molecule has 3 rings (SSSR count). The molecule has 18 heavy (non-hydrogen) atoms. The number of hydrogen-bond donors (Lipinski definition) is 1. The summed E-state index contributed by atoms with van der Waals surface area (Å²) in [4.78, 5) is 16.2. The topological polar surface area (TPSA) is 50.2 Å². The van der Waals surface area contributed by atoms with E-state index in [1.807, 2.05) is 24.3 Å². The molecule has 0 fully saturated rings. The Morgan fingerprint density at radius 2 is 2.17 bits per heavy atom. The molecule has 1 aromatic carbocycles. The number of carbonyl (C=O) groups is 1. The monoisotopic (exact) mass is 241 g/mol. The Labute approximate surface area is 105 Å². The lowest BCUT2D eigenvalue weighted by Gasteiger charge is -2.23. The molecular weight excluding hydrogens is 226 g/mol. The Bertz CT molecular complexity index is 634. The minimum absolute atomic E-state index is 0.460. The van der Waals surface area contributed by atoms with E-state index in [-0.39, 0.29) is 0 Å². The average molecular weight is 241 g/mol. The van der Waals surface area contributed by atoms with Gasteiger partial charge in [-0.25, -0.2) is 4.79 Å². The molecule has 0 amide bonds. The highest BCUT2D eigenvalue weighted by Crippen LogP contribution is 2.31. The first kappa shape index (κ1) is 11.2. The maximum absolute atomic E-state index is 11.6. The summed E-state index contributed by atoms with van der Waals surface area (Å²) >= 11 is 0. The van der Waals surface area contributed by atoms with Gasteiger partial charge in [-0.1, -0.05) is 25.1 Å². The number of para-hydroxylation sites is 1. The molecule has 1 aliphatic carbocycles. The molecule has 0 bridgehead atoms. The first-order chi connectivity index (χ1) is 8.66. The van der Waals surface area contributed by atoms with Gasteiger partial charge in [0.2, 0.25) is 0 Å². The highest BCUT2D eigenvalue weighted by atomic mass is 16.4. The number of carboxylic acid groups (broad SMARTS) is 1. The minimum atomic E-state index is -0.834. The molecule has 0 spiro atoms. The quantitative estimate of drug-likeness (QED) is 0.834. The summed E-state index contributed by atoms with van der Waals surface area (Å²) in [6.07, 6.45) is 2.81. The number of hydrogen-bond acceptors (Lipinski definition) is 2. The largest absolute Gasteiger partial charge is 0.478 e. The Morgan fingerprint density at radius 1 is 1.39 bits per heavy atom. The Hall–Kier alpha value is -1.90. The van der Waals surface area contributed by atoms with Crippen LogP contribution < -0.4 is 0 Å². The number of rotatable bonds is 1. The lowest BCUT2D eigenvalue weighted by Crippen LogP contribution is -2.18. The summed E-state index contributed by atoms with van der Waals surface area (Å²) in [7, 11) is 0. The molecule has 0 saturated heterocycles. The molecule has 0 aliphatic heterocycles. The molecule has 1 atom stereocenters. The van der Waals surface area contributed by atoms with Gasteiger partial charge in [0.1, 0.15) is 0 Å². The molecule has 2 aromatic rings. The van der Waals surface area contributed by atoms with Crippen LogP contribution in [0, 0.1) is 5.92 Å². The number of aromatic nitrogens is 1. The molecule has 0 saturated carbocycles. The van der Waals surface area contributed by atoms with Crippen molar-refractivity contribution in [3.63, 3.8) is 0 Å². The molecule has 0 unspecified atom stereocenters. The second-order valence-electron chi connectivity index (χ2n) is 5.08. The summed E-state index contributed by atoms with van der Waals surface area (Å²) in [5.74, 6) is -0.294. The second kappa shape index (κ2) is 4.09. The summed E-state index contributed by atoms with van der Waals surface area (Å²) in [5.41, 5.74) is 3.18. The van der Waals surface area contributed by atoms with Gasteiger partial charge in [0.25, 0.3) is 0 Å². The molecule has 3 heteroatoms. The van der Waals surface area contributed by atoms with Crippen molar-refractivity contribution >= 4 is 16.9 Å². The second-order valence-corrected chi connectivity index (χ2v) is 5.08. The van der Waals surface area contributed by atoms with E-state index in [1.54, 1.807) is 0 Å². The van der Waals surface area contributed by atoms with Crippen LogP contribution >= 0.6 is 0 Å². The number of pyridine rings is 1. The molecule has 92 valence electrons.